The molecule has 2 aromatic carbocycles. The van der Waals surface area contributed by atoms with E-state index in [0.717, 1.165) is 37.3 Å². The first-order chi connectivity index (χ1) is 11.4. The standard InChI is InChI=1S/C20H22N2O.ClH/c1-2-6-16(7-3-1)10-13-22-14-11-17(12-15-22)20-18-8-4-5-9-19(18)23-21-20;/h1-9,17H,10-15H2;1H. The highest BCUT2D eigenvalue weighted by Gasteiger charge is 2.24. The summed E-state index contributed by atoms with van der Waals surface area (Å²) in [6.07, 6.45) is 3.48. The predicted octanol–water partition coefficient (Wildman–Crippen LogP) is 4.67. The van der Waals surface area contributed by atoms with Crippen LogP contribution in [0.1, 0.15) is 30.0 Å². The van der Waals surface area contributed by atoms with E-state index in [1.165, 1.54) is 23.8 Å². The van der Waals surface area contributed by atoms with Gasteiger partial charge in [-0.15, -0.1) is 12.4 Å². The van der Waals surface area contributed by atoms with Gasteiger partial charge in [-0.05, 0) is 50.0 Å². The van der Waals surface area contributed by atoms with Crippen molar-refractivity contribution in [3.05, 3.63) is 65.9 Å². The summed E-state index contributed by atoms with van der Waals surface area (Å²) in [5.41, 5.74) is 3.49. The van der Waals surface area contributed by atoms with E-state index in [2.05, 4.69) is 52.5 Å². The van der Waals surface area contributed by atoms with Gasteiger partial charge in [0.25, 0.3) is 0 Å². The Hall–Kier alpha value is -1.84. The molecule has 1 saturated heterocycles. The van der Waals surface area contributed by atoms with Crippen LogP contribution in [0.4, 0.5) is 0 Å². The lowest BCUT2D eigenvalue weighted by Crippen LogP contribution is -2.34. The summed E-state index contributed by atoms with van der Waals surface area (Å²) >= 11 is 0. The molecule has 3 aromatic rings. The number of para-hydroxylation sites is 1. The van der Waals surface area contributed by atoms with E-state index in [-0.39, 0.29) is 12.4 Å². The quantitative estimate of drug-likeness (QED) is 0.690. The first-order valence-electron chi connectivity index (χ1n) is 8.51. The number of rotatable bonds is 4. The molecule has 0 spiro atoms. The average molecular weight is 343 g/mol. The van der Waals surface area contributed by atoms with E-state index in [1.807, 2.05) is 12.1 Å². The Kier molecular flexibility index (Phi) is 5.54. The predicted molar refractivity (Wildman–Crippen MR) is 99.8 cm³/mol. The van der Waals surface area contributed by atoms with Gasteiger partial charge in [-0.1, -0.05) is 47.6 Å². The highest BCUT2D eigenvalue weighted by Crippen LogP contribution is 2.32. The lowest BCUT2D eigenvalue weighted by atomic mass is 9.91. The molecule has 1 aromatic heterocycles. The molecule has 0 radical (unpaired) electrons. The van der Waals surface area contributed by atoms with Crippen molar-refractivity contribution in [1.29, 1.82) is 0 Å². The van der Waals surface area contributed by atoms with Crippen LogP contribution in [0.2, 0.25) is 0 Å². The molecule has 0 atom stereocenters. The van der Waals surface area contributed by atoms with Crippen molar-refractivity contribution in [3.8, 4) is 0 Å². The van der Waals surface area contributed by atoms with E-state index in [0.29, 0.717) is 5.92 Å². The third-order valence-electron chi connectivity index (χ3n) is 4.94. The number of nitrogens with zero attached hydrogens (tertiary/aromatic N) is 2. The Balaban J connectivity index is 0.00000169. The van der Waals surface area contributed by atoms with Crippen LogP contribution < -0.4 is 0 Å². The normalized spacial score (nSPS) is 16.2. The largest absolute Gasteiger partial charge is 0.356 e. The fraction of sp³-hybridized carbons (Fsp3) is 0.350. The molecule has 1 aliphatic rings. The van der Waals surface area contributed by atoms with Gasteiger partial charge in [-0.25, -0.2) is 0 Å². The first-order valence-corrected chi connectivity index (χ1v) is 8.51. The van der Waals surface area contributed by atoms with E-state index in [4.69, 9.17) is 4.52 Å². The maximum Gasteiger partial charge on any atom is 0.167 e. The second-order valence-corrected chi connectivity index (χ2v) is 6.42. The van der Waals surface area contributed by atoms with Crippen LogP contribution >= 0.6 is 12.4 Å². The van der Waals surface area contributed by atoms with E-state index < -0.39 is 0 Å². The molecular weight excluding hydrogens is 320 g/mol. The molecule has 2 heterocycles. The number of aromatic nitrogens is 1. The lowest BCUT2D eigenvalue weighted by molar-refractivity contribution is 0.211. The molecule has 0 aliphatic carbocycles. The molecule has 0 bridgehead atoms. The molecule has 0 amide bonds. The van der Waals surface area contributed by atoms with Gasteiger partial charge < -0.3 is 9.42 Å². The van der Waals surface area contributed by atoms with Crippen molar-refractivity contribution >= 4 is 23.4 Å². The van der Waals surface area contributed by atoms with Gasteiger partial charge in [0.05, 0.1) is 5.69 Å². The van der Waals surface area contributed by atoms with Crippen LogP contribution in [0.3, 0.4) is 0 Å². The summed E-state index contributed by atoms with van der Waals surface area (Å²) in [6, 6.07) is 19.0. The fourth-order valence-electron chi connectivity index (χ4n) is 3.56. The minimum atomic E-state index is 0. The Morgan fingerprint density at radius 3 is 2.46 bits per heavy atom. The summed E-state index contributed by atoms with van der Waals surface area (Å²) in [5, 5.41) is 5.53. The van der Waals surface area contributed by atoms with Crippen LogP contribution in [0.5, 0.6) is 0 Å². The molecule has 0 unspecified atom stereocenters. The van der Waals surface area contributed by atoms with Gasteiger partial charge in [0.2, 0.25) is 0 Å². The van der Waals surface area contributed by atoms with Crippen molar-refractivity contribution in [2.45, 2.75) is 25.2 Å². The summed E-state index contributed by atoms with van der Waals surface area (Å²) in [7, 11) is 0. The zero-order valence-corrected chi connectivity index (χ0v) is 14.5. The van der Waals surface area contributed by atoms with Crippen LogP contribution in [0.15, 0.2) is 59.1 Å². The molecule has 24 heavy (non-hydrogen) atoms. The summed E-state index contributed by atoms with van der Waals surface area (Å²) in [4.78, 5) is 2.58. The molecule has 126 valence electrons. The van der Waals surface area contributed by atoms with Crippen molar-refractivity contribution in [3.63, 3.8) is 0 Å². The highest BCUT2D eigenvalue weighted by molar-refractivity contribution is 5.85. The smallest absolute Gasteiger partial charge is 0.167 e. The van der Waals surface area contributed by atoms with Gasteiger partial charge in [-0.3, -0.25) is 0 Å². The van der Waals surface area contributed by atoms with Gasteiger partial charge in [0.15, 0.2) is 5.58 Å². The minimum Gasteiger partial charge on any atom is -0.356 e. The van der Waals surface area contributed by atoms with Gasteiger partial charge >= 0.3 is 0 Å². The Bertz CT molecular complexity index is 763. The molecule has 0 saturated carbocycles. The van der Waals surface area contributed by atoms with E-state index in [9.17, 15) is 0 Å². The molecule has 4 heteroatoms. The molecule has 1 aliphatic heterocycles. The van der Waals surface area contributed by atoms with Gasteiger partial charge in [-0.2, -0.15) is 0 Å². The molecule has 3 nitrogen and oxygen atoms in total. The second-order valence-electron chi connectivity index (χ2n) is 6.42. The first kappa shape index (κ1) is 17.0. The maximum absolute atomic E-state index is 5.47. The zero-order valence-electron chi connectivity index (χ0n) is 13.7. The number of hydrogen-bond acceptors (Lipinski definition) is 3. The third kappa shape index (κ3) is 3.63. The number of halogens is 1. The number of hydrogen-bond donors (Lipinski definition) is 0. The number of fused-ring (bicyclic) bond motifs is 1. The highest BCUT2D eigenvalue weighted by atomic mass is 35.5. The number of piperidine rings is 1. The van der Waals surface area contributed by atoms with Gasteiger partial charge in [0, 0.05) is 17.8 Å². The fourth-order valence-corrected chi connectivity index (χ4v) is 3.56. The Morgan fingerprint density at radius 2 is 1.67 bits per heavy atom. The Labute approximate surface area is 149 Å². The maximum atomic E-state index is 5.47. The van der Waals surface area contributed by atoms with Crippen molar-refractivity contribution in [1.82, 2.24) is 10.1 Å². The van der Waals surface area contributed by atoms with Crippen molar-refractivity contribution in [2.75, 3.05) is 19.6 Å². The van der Waals surface area contributed by atoms with Crippen molar-refractivity contribution in [2.24, 2.45) is 0 Å². The van der Waals surface area contributed by atoms with E-state index in [1.54, 1.807) is 0 Å². The summed E-state index contributed by atoms with van der Waals surface area (Å²) < 4.78 is 5.47. The molecular formula is C20H23ClN2O. The van der Waals surface area contributed by atoms with Crippen LogP contribution in [0.25, 0.3) is 11.0 Å². The summed E-state index contributed by atoms with van der Waals surface area (Å²) in [5.74, 6) is 0.534. The molecule has 4 rings (SSSR count). The average Bonchev–Trinajstić information content (AvgIpc) is 3.05. The zero-order chi connectivity index (χ0) is 15.5. The molecule has 0 N–H and O–H groups in total. The van der Waals surface area contributed by atoms with Crippen LogP contribution in [-0.4, -0.2) is 29.7 Å². The number of likely N-dealkylation sites (tertiary alicyclic amines) is 1. The number of benzene rings is 2. The topological polar surface area (TPSA) is 29.3 Å². The van der Waals surface area contributed by atoms with Crippen LogP contribution in [0, 0.1) is 0 Å². The SMILES string of the molecule is Cl.c1ccc(CCN2CCC(c3noc4ccccc34)CC2)cc1. The summed E-state index contributed by atoms with van der Waals surface area (Å²) in [6.45, 7) is 3.45. The molecule has 1 fully saturated rings. The minimum absolute atomic E-state index is 0. The third-order valence-corrected chi connectivity index (χ3v) is 4.94. The van der Waals surface area contributed by atoms with Crippen LogP contribution in [-0.2, 0) is 6.42 Å². The monoisotopic (exact) mass is 342 g/mol. The van der Waals surface area contributed by atoms with Gasteiger partial charge in [0.1, 0.15) is 0 Å². The Morgan fingerprint density at radius 1 is 0.958 bits per heavy atom. The van der Waals surface area contributed by atoms with Crippen molar-refractivity contribution < 1.29 is 4.52 Å². The van der Waals surface area contributed by atoms with E-state index >= 15 is 0 Å². The second kappa shape index (κ2) is 7.82. The lowest BCUT2D eigenvalue weighted by Gasteiger charge is -2.31.